The van der Waals surface area contributed by atoms with Gasteiger partial charge in [0.1, 0.15) is 17.2 Å². The van der Waals surface area contributed by atoms with Crippen LogP contribution in [0.15, 0.2) is 42.5 Å². The normalized spacial score (nSPS) is 10.7. The molecule has 2 N–H and O–H groups in total. The highest BCUT2D eigenvalue weighted by atomic mass is 32.1. The number of benzene rings is 2. The molecule has 5 nitrogen and oxygen atoms in total. The van der Waals surface area contributed by atoms with E-state index in [0.29, 0.717) is 22.8 Å². The van der Waals surface area contributed by atoms with Crippen LogP contribution in [0.2, 0.25) is 0 Å². The van der Waals surface area contributed by atoms with Crippen LogP contribution >= 0.6 is 11.3 Å². The number of aryl methyl sites for hydroxylation is 1. The van der Waals surface area contributed by atoms with Crippen molar-refractivity contribution >= 4 is 33.3 Å². The van der Waals surface area contributed by atoms with Crippen LogP contribution < -0.4 is 10.5 Å². The van der Waals surface area contributed by atoms with Crippen LogP contribution in [0, 0.1) is 6.92 Å². The fourth-order valence-corrected chi connectivity index (χ4v) is 3.95. The van der Waals surface area contributed by atoms with Crippen molar-refractivity contribution in [2.45, 2.75) is 20.5 Å². The Morgan fingerprint density at radius 2 is 1.85 bits per heavy atom. The minimum Gasteiger partial charge on any atom is -0.489 e. The molecule has 0 atom stereocenters. The number of carbonyl (C=O) groups is 2. The molecule has 6 heteroatoms. The molecule has 0 aliphatic carbocycles. The Labute approximate surface area is 155 Å². The molecule has 1 aromatic heterocycles. The summed E-state index contributed by atoms with van der Waals surface area (Å²) in [5, 5.41) is 1.02. The van der Waals surface area contributed by atoms with E-state index in [1.807, 2.05) is 25.1 Å². The molecule has 0 radical (unpaired) electrons. The summed E-state index contributed by atoms with van der Waals surface area (Å²) >= 11 is 1.41. The third-order valence-corrected chi connectivity index (χ3v) is 5.18. The number of rotatable bonds is 6. The highest BCUT2D eigenvalue weighted by molar-refractivity contribution is 7.21. The maximum atomic E-state index is 12.4. The molecule has 0 unspecified atom stereocenters. The maximum absolute atomic E-state index is 12.4. The molecule has 0 aliphatic heterocycles. The monoisotopic (exact) mass is 369 g/mol. The van der Waals surface area contributed by atoms with E-state index < -0.39 is 5.91 Å². The van der Waals surface area contributed by atoms with Gasteiger partial charge in [0.15, 0.2) is 0 Å². The van der Waals surface area contributed by atoms with Crippen molar-refractivity contribution in [3.05, 3.63) is 64.0 Å². The van der Waals surface area contributed by atoms with E-state index >= 15 is 0 Å². The number of nitrogens with two attached hydrogens (primary N) is 1. The summed E-state index contributed by atoms with van der Waals surface area (Å²) in [6.07, 6.45) is 0. The standard InChI is InChI=1S/C20H19NO4S/c1-3-24-20(23)18-15(17-12(2)5-4-6-16(17)26-18)11-25-14-9-7-13(8-10-14)19(21)22/h4-10H,3,11H2,1-2H3,(H2,21,22). The van der Waals surface area contributed by atoms with Gasteiger partial charge in [0, 0.05) is 21.2 Å². The first-order chi connectivity index (χ1) is 12.5. The van der Waals surface area contributed by atoms with Gasteiger partial charge >= 0.3 is 5.97 Å². The number of amides is 1. The summed E-state index contributed by atoms with van der Waals surface area (Å²) in [5.74, 6) is -0.228. The predicted molar refractivity (Wildman–Crippen MR) is 102 cm³/mol. The lowest BCUT2D eigenvalue weighted by molar-refractivity contribution is 0.0529. The predicted octanol–water partition coefficient (Wildman–Crippen LogP) is 4.06. The Kier molecular flexibility index (Phi) is 5.23. The molecule has 1 amide bonds. The van der Waals surface area contributed by atoms with E-state index in [4.69, 9.17) is 15.2 Å². The van der Waals surface area contributed by atoms with Crippen LogP contribution in [-0.4, -0.2) is 18.5 Å². The average molecular weight is 369 g/mol. The summed E-state index contributed by atoms with van der Waals surface area (Å²) < 4.78 is 12.1. The first kappa shape index (κ1) is 17.9. The molecule has 0 aliphatic rings. The SMILES string of the molecule is CCOC(=O)c1sc2cccc(C)c2c1COc1ccc(C(N)=O)cc1. The van der Waals surface area contributed by atoms with Gasteiger partial charge in [0.25, 0.3) is 0 Å². The highest BCUT2D eigenvalue weighted by Gasteiger charge is 2.21. The summed E-state index contributed by atoms with van der Waals surface area (Å²) in [6, 6.07) is 12.6. The summed E-state index contributed by atoms with van der Waals surface area (Å²) in [4.78, 5) is 24.1. The molecule has 3 aromatic rings. The van der Waals surface area contributed by atoms with Gasteiger partial charge in [-0.1, -0.05) is 12.1 Å². The number of fused-ring (bicyclic) bond motifs is 1. The van der Waals surface area contributed by atoms with Gasteiger partial charge in [0.05, 0.1) is 6.61 Å². The molecule has 0 fully saturated rings. The Bertz CT molecular complexity index is 960. The molecule has 0 spiro atoms. The molecule has 134 valence electrons. The molecule has 2 aromatic carbocycles. The van der Waals surface area contributed by atoms with Crippen molar-refractivity contribution < 1.29 is 19.1 Å². The van der Waals surface area contributed by atoms with Gasteiger partial charge in [-0.2, -0.15) is 0 Å². The molecular weight excluding hydrogens is 350 g/mol. The zero-order chi connectivity index (χ0) is 18.7. The number of esters is 1. The van der Waals surface area contributed by atoms with Crippen LogP contribution in [0.25, 0.3) is 10.1 Å². The van der Waals surface area contributed by atoms with Gasteiger partial charge in [-0.05, 0) is 49.7 Å². The van der Waals surface area contributed by atoms with Crippen LogP contribution in [0.4, 0.5) is 0 Å². The Morgan fingerprint density at radius 1 is 1.12 bits per heavy atom. The van der Waals surface area contributed by atoms with E-state index in [2.05, 4.69) is 0 Å². The molecule has 3 rings (SSSR count). The fourth-order valence-electron chi connectivity index (χ4n) is 2.77. The number of hydrogen-bond acceptors (Lipinski definition) is 5. The molecule has 0 saturated carbocycles. The molecule has 1 heterocycles. The molecule has 0 saturated heterocycles. The third-order valence-electron chi connectivity index (χ3n) is 4.01. The van der Waals surface area contributed by atoms with Gasteiger partial charge in [-0.15, -0.1) is 11.3 Å². The van der Waals surface area contributed by atoms with E-state index in [1.54, 1.807) is 31.2 Å². The molecule has 0 bridgehead atoms. The molecular formula is C20H19NO4S. The lowest BCUT2D eigenvalue weighted by atomic mass is 10.1. The average Bonchev–Trinajstić information content (AvgIpc) is 3.00. The smallest absolute Gasteiger partial charge is 0.348 e. The van der Waals surface area contributed by atoms with Crippen molar-refractivity contribution in [3.63, 3.8) is 0 Å². The number of carbonyl (C=O) groups excluding carboxylic acids is 2. The van der Waals surface area contributed by atoms with Crippen LogP contribution in [0.1, 0.15) is 38.1 Å². The summed E-state index contributed by atoms with van der Waals surface area (Å²) in [6.45, 7) is 4.35. The van der Waals surface area contributed by atoms with Crippen LogP contribution in [-0.2, 0) is 11.3 Å². The van der Waals surface area contributed by atoms with Crippen molar-refractivity contribution in [1.29, 1.82) is 0 Å². The second-order valence-electron chi connectivity index (χ2n) is 5.76. The Balaban J connectivity index is 1.93. The highest BCUT2D eigenvalue weighted by Crippen LogP contribution is 2.35. The second kappa shape index (κ2) is 7.58. The quantitative estimate of drug-likeness (QED) is 0.665. The lowest BCUT2D eigenvalue weighted by Gasteiger charge is -2.09. The lowest BCUT2D eigenvalue weighted by Crippen LogP contribution is -2.10. The van der Waals surface area contributed by atoms with Crippen molar-refractivity contribution in [2.24, 2.45) is 5.73 Å². The minimum absolute atomic E-state index is 0.231. The molecule has 26 heavy (non-hydrogen) atoms. The van der Waals surface area contributed by atoms with Gasteiger partial charge in [-0.25, -0.2) is 4.79 Å². The topological polar surface area (TPSA) is 78.6 Å². The van der Waals surface area contributed by atoms with Crippen molar-refractivity contribution in [3.8, 4) is 5.75 Å². The number of primary amides is 1. The zero-order valence-corrected chi connectivity index (χ0v) is 15.4. The Morgan fingerprint density at radius 3 is 2.50 bits per heavy atom. The number of hydrogen-bond donors (Lipinski definition) is 1. The number of thiophene rings is 1. The van der Waals surface area contributed by atoms with E-state index in [-0.39, 0.29) is 12.6 Å². The first-order valence-electron chi connectivity index (χ1n) is 8.22. The van der Waals surface area contributed by atoms with Gasteiger partial charge in [-0.3, -0.25) is 4.79 Å². The van der Waals surface area contributed by atoms with E-state index in [1.165, 1.54) is 11.3 Å². The first-order valence-corrected chi connectivity index (χ1v) is 9.03. The second-order valence-corrected chi connectivity index (χ2v) is 6.81. The number of ether oxygens (including phenoxy) is 2. The van der Waals surface area contributed by atoms with Crippen molar-refractivity contribution in [1.82, 2.24) is 0 Å². The maximum Gasteiger partial charge on any atom is 0.348 e. The zero-order valence-electron chi connectivity index (χ0n) is 14.6. The van der Waals surface area contributed by atoms with Gasteiger partial charge < -0.3 is 15.2 Å². The summed E-state index contributed by atoms with van der Waals surface area (Å²) in [5.41, 5.74) is 7.56. The van der Waals surface area contributed by atoms with Crippen LogP contribution in [0.5, 0.6) is 5.75 Å². The van der Waals surface area contributed by atoms with E-state index in [0.717, 1.165) is 21.2 Å². The van der Waals surface area contributed by atoms with Crippen molar-refractivity contribution in [2.75, 3.05) is 6.61 Å². The van der Waals surface area contributed by atoms with Gasteiger partial charge in [0.2, 0.25) is 5.91 Å². The summed E-state index contributed by atoms with van der Waals surface area (Å²) in [7, 11) is 0. The Hall–Kier alpha value is -2.86. The van der Waals surface area contributed by atoms with E-state index in [9.17, 15) is 9.59 Å². The van der Waals surface area contributed by atoms with Crippen LogP contribution in [0.3, 0.4) is 0 Å². The third kappa shape index (κ3) is 3.55. The fraction of sp³-hybridized carbons (Fsp3) is 0.200. The minimum atomic E-state index is -0.486. The largest absolute Gasteiger partial charge is 0.489 e.